The van der Waals surface area contributed by atoms with Gasteiger partial charge in [0.1, 0.15) is 0 Å². The van der Waals surface area contributed by atoms with Gasteiger partial charge in [-0.25, -0.2) is 0 Å². The zero-order valence-electron chi connectivity index (χ0n) is 15.1. The van der Waals surface area contributed by atoms with Crippen molar-refractivity contribution in [2.75, 3.05) is 52.6 Å². The molecule has 1 saturated heterocycles. The summed E-state index contributed by atoms with van der Waals surface area (Å²) >= 11 is 0. The van der Waals surface area contributed by atoms with Crippen LogP contribution in [0.1, 0.15) is 36.5 Å². The second-order valence-electron chi connectivity index (χ2n) is 6.66. The first-order valence-electron chi connectivity index (χ1n) is 9.39. The topological polar surface area (TPSA) is 54.0 Å². The van der Waals surface area contributed by atoms with Crippen LogP contribution < -0.4 is 14.8 Å². The highest BCUT2D eigenvalue weighted by Crippen LogP contribution is 2.32. The van der Waals surface area contributed by atoms with Gasteiger partial charge in [0.2, 0.25) is 6.79 Å². The minimum absolute atomic E-state index is 0.0472. The Balaban J connectivity index is 1.27. The van der Waals surface area contributed by atoms with Crippen molar-refractivity contribution in [3.05, 3.63) is 23.8 Å². The van der Waals surface area contributed by atoms with E-state index in [9.17, 15) is 4.79 Å². The van der Waals surface area contributed by atoms with Gasteiger partial charge < -0.3 is 24.6 Å². The third-order valence-corrected chi connectivity index (χ3v) is 4.98. The van der Waals surface area contributed by atoms with Crippen LogP contribution in [0, 0.1) is 0 Å². The summed E-state index contributed by atoms with van der Waals surface area (Å²) < 4.78 is 10.6. The van der Waals surface area contributed by atoms with Gasteiger partial charge in [-0.15, -0.1) is 0 Å². The molecule has 2 aliphatic heterocycles. The van der Waals surface area contributed by atoms with Crippen molar-refractivity contribution in [3.8, 4) is 11.5 Å². The average molecular weight is 347 g/mol. The van der Waals surface area contributed by atoms with E-state index in [1.165, 1.54) is 39.1 Å². The fraction of sp³-hybridized carbons (Fsp3) is 0.632. The first-order chi connectivity index (χ1) is 12.3. The molecule has 1 aromatic rings. The number of hydrogen-bond acceptors (Lipinski definition) is 5. The maximum absolute atomic E-state index is 12.2. The van der Waals surface area contributed by atoms with Crippen LogP contribution in [0.5, 0.6) is 11.5 Å². The highest BCUT2D eigenvalue weighted by molar-refractivity contribution is 5.94. The number of carbonyl (C=O) groups is 1. The van der Waals surface area contributed by atoms with Gasteiger partial charge in [-0.2, -0.15) is 0 Å². The van der Waals surface area contributed by atoms with Crippen molar-refractivity contribution >= 4 is 5.91 Å². The molecule has 0 saturated carbocycles. The molecule has 2 aliphatic rings. The van der Waals surface area contributed by atoms with Gasteiger partial charge in [0.25, 0.3) is 5.91 Å². The molecule has 0 atom stereocenters. The summed E-state index contributed by atoms with van der Waals surface area (Å²) in [5, 5.41) is 2.99. The minimum Gasteiger partial charge on any atom is -0.454 e. The lowest BCUT2D eigenvalue weighted by Gasteiger charge is -2.33. The summed E-state index contributed by atoms with van der Waals surface area (Å²) in [4.78, 5) is 17.2. The summed E-state index contributed by atoms with van der Waals surface area (Å²) in [7, 11) is 0. The summed E-state index contributed by atoms with van der Waals surface area (Å²) in [5.41, 5.74) is 0.623. The van der Waals surface area contributed by atoms with Crippen molar-refractivity contribution in [1.29, 1.82) is 0 Å². The van der Waals surface area contributed by atoms with Crippen LogP contribution in [0.25, 0.3) is 0 Å². The molecule has 138 valence electrons. The van der Waals surface area contributed by atoms with Gasteiger partial charge in [0.15, 0.2) is 11.5 Å². The summed E-state index contributed by atoms with van der Waals surface area (Å²) in [6, 6.07) is 5.31. The summed E-state index contributed by atoms with van der Waals surface area (Å²) in [6.07, 6.45) is 3.37. The predicted octanol–water partition coefficient (Wildman–Crippen LogP) is 1.95. The number of nitrogens with zero attached hydrogens (tertiary/aromatic N) is 2. The maximum Gasteiger partial charge on any atom is 0.251 e. The van der Waals surface area contributed by atoms with E-state index in [2.05, 4.69) is 22.0 Å². The van der Waals surface area contributed by atoms with E-state index in [-0.39, 0.29) is 12.7 Å². The number of fused-ring (bicyclic) bond motifs is 1. The number of likely N-dealkylation sites (N-methyl/N-ethyl adjacent to an activating group) is 1. The highest BCUT2D eigenvalue weighted by atomic mass is 16.7. The molecule has 0 bridgehead atoms. The van der Waals surface area contributed by atoms with Gasteiger partial charge in [-0.1, -0.05) is 13.3 Å². The smallest absolute Gasteiger partial charge is 0.251 e. The summed E-state index contributed by atoms with van der Waals surface area (Å²) in [5.74, 6) is 1.31. The molecule has 0 aliphatic carbocycles. The Kier molecular flexibility index (Phi) is 6.53. The monoisotopic (exact) mass is 347 g/mol. The lowest BCUT2D eigenvalue weighted by Crippen LogP contribution is -2.46. The number of piperazine rings is 1. The number of amides is 1. The Morgan fingerprint density at radius 3 is 2.60 bits per heavy atom. The van der Waals surface area contributed by atoms with Gasteiger partial charge in [0, 0.05) is 38.3 Å². The molecular formula is C19H29N3O3. The number of nitrogens with one attached hydrogen (secondary N) is 1. The predicted molar refractivity (Wildman–Crippen MR) is 97.3 cm³/mol. The molecule has 3 rings (SSSR count). The van der Waals surface area contributed by atoms with Crippen molar-refractivity contribution < 1.29 is 14.3 Å². The van der Waals surface area contributed by atoms with E-state index < -0.39 is 0 Å². The third kappa shape index (κ3) is 5.09. The minimum atomic E-state index is -0.0472. The lowest BCUT2D eigenvalue weighted by molar-refractivity contribution is 0.0952. The normalized spacial score (nSPS) is 17.6. The summed E-state index contributed by atoms with van der Waals surface area (Å²) in [6.45, 7) is 10.3. The molecule has 6 heteroatoms. The molecule has 1 fully saturated rings. The zero-order chi connectivity index (χ0) is 17.5. The van der Waals surface area contributed by atoms with Crippen molar-refractivity contribution in [1.82, 2.24) is 15.1 Å². The van der Waals surface area contributed by atoms with Crippen molar-refractivity contribution in [2.24, 2.45) is 0 Å². The number of rotatable bonds is 8. The Bertz CT molecular complexity index is 571. The largest absolute Gasteiger partial charge is 0.454 e. The highest BCUT2D eigenvalue weighted by Gasteiger charge is 2.16. The van der Waals surface area contributed by atoms with E-state index in [1.807, 2.05) is 0 Å². The fourth-order valence-corrected chi connectivity index (χ4v) is 3.31. The Labute approximate surface area is 150 Å². The van der Waals surface area contributed by atoms with E-state index >= 15 is 0 Å². The van der Waals surface area contributed by atoms with Crippen molar-refractivity contribution in [2.45, 2.75) is 26.2 Å². The van der Waals surface area contributed by atoms with Crippen molar-refractivity contribution in [3.63, 3.8) is 0 Å². The van der Waals surface area contributed by atoms with Crippen LogP contribution in [0.2, 0.25) is 0 Å². The molecule has 0 aromatic heterocycles. The first-order valence-corrected chi connectivity index (χ1v) is 9.39. The number of ether oxygens (including phenoxy) is 2. The van der Waals surface area contributed by atoms with E-state index in [4.69, 9.17) is 9.47 Å². The number of unbranched alkanes of at least 4 members (excludes halogenated alkanes) is 2. The molecule has 6 nitrogen and oxygen atoms in total. The number of benzene rings is 1. The van der Waals surface area contributed by atoms with Crippen LogP contribution in [-0.2, 0) is 0 Å². The SMILES string of the molecule is CCN1CCN(CCCCCNC(=O)c2ccc3c(c2)OCO3)CC1. The van der Waals surface area contributed by atoms with Crippen LogP contribution >= 0.6 is 0 Å². The third-order valence-electron chi connectivity index (χ3n) is 4.98. The van der Waals surface area contributed by atoms with Crippen LogP contribution in [0.4, 0.5) is 0 Å². The standard InChI is InChI=1S/C19H29N3O3/c1-2-21-10-12-22(13-11-21)9-5-3-4-8-20-19(23)16-6-7-17-18(14-16)25-15-24-17/h6-7,14H,2-5,8-13,15H2,1H3,(H,20,23). The molecule has 0 unspecified atom stereocenters. The molecule has 2 heterocycles. The van der Waals surface area contributed by atoms with Crippen LogP contribution in [0.3, 0.4) is 0 Å². The van der Waals surface area contributed by atoms with Gasteiger partial charge in [-0.3, -0.25) is 4.79 Å². The van der Waals surface area contributed by atoms with Crippen LogP contribution in [0.15, 0.2) is 18.2 Å². The first kappa shape index (κ1) is 18.0. The molecule has 1 N–H and O–H groups in total. The van der Waals surface area contributed by atoms with Gasteiger partial charge in [-0.05, 0) is 44.1 Å². The Hall–Kier alpha value is -1.79. The number of hydrogen-bond donors (Lipinski definition) is 1. The average Bonchev–Trinajstić information content (AvgIpc) is 3.12. The zero-order valence-corrected chi connectivity index (χ0v) is 15.1. The molecule has 1 amide bonds. The Morgan fingerprint density at radius 1 is 1.04 bits per heavy atom. The molecule has 1 aromatic carbocycles. The molecule has 0 radical (unpaired) electrons. The quantitative estimate of drug-likeness (QED) is 0.729. The fourth-order valence-electron chi connectivity index (χ4n) is 3.31. The van der Waals surface area contributed by atoms with Gasteiger partial charge in [0.05, 0.1) is 0 Å². The van der Waals surface area contributed by atoms with Gasteiger partial charge >= 0.3 is 0 Å². The molecular weight excluding hydrogens is 318 g/mol. The lowest BCUT2D eigenvalue weighted by atomic mass is 10.1. The van der Waals surface area contributed by atoms with E-state index in [0.29, 0.717) is 17.1 Å². The van der Waals surface area contributed by atoms with E-state index in [0.717, 1.165) is 25.9 Å². The second kappa shape index (κ2) is 9.06. The molecule has 25 heavy (non-hydrogen) atoms. The molecule has 0 spiro atoms. The Morgan fingerprint density at radius 2 is 1.80 bits per heavy atom. The second-order valence-corrected chi connectivity index (χ2v) is 6.66. The maximum atomic E-state index is 12.2. The van der Waals surface area contributed by atoms with Crippen LogP contribution in [-0.4, -0.2) is 68.3 Å². The number of carbonyl (C=O) groups excluding carboxylic acids is 1. The van der Waals surface area contributed by atoms with E-state index in [1.54, 1.807) is 18.2 Å².